The number of amides is 1. The van der Waals surface area contributed by atoms with E-state index in [0.29, 0.717) is 19.6 Å². The van der Waals surface area contributed by atoms with Gasteiger partial charge in [0.25, 0.3) is 0 Å². The largest absolute Gasteiger partial charge is 0.502 e. The Hall–Kier alpha value is -2.03. The van der Waals surface area contributed by atoms with Crippen LogP contribution < -0.4 is 5.32 Å². The first-order valence-corrected chi connectivity index (χ1v) is 6.03. The molecule has 18 heavy (non-hydrogen) atoms. The van der Waals surface area contributed by atoms with Gasteiger partial charge in [0.1, 0.15) is 0 Å². The van der Waals surface area contributed by atoms with Crippen LogP contribution in [0.3, 0.4) is 0 Å². The molecule has 96 valence electrons. The van der Waals surface area contributed by atoms with E-state index in [1.165, 1.54) is 6.26 Å². The summed E-state index contributed by atoms with van der Waals surface area (Å²) >= 11 is 0. The zero-order chi connectivity index (χ0) is 13.1. The maximum absolute atomic E-state index is 11.4. The predicted octanol–water partition coefficient (Wildman–Crippen LogP) is 2.76. The van der Waals surface area contributed by atoms with Crippen molar-refractivity contribution < 1.29 is 9.53 Å². The quantitative estimate of drug-likeness (QED) is 0.565. The summed E-state index contributed by atoms with van der Waals surface area (Å²) in [6.07, 6.45) is 6.41. The standard InChI is InChI=1S/C15H19NO2/c1-2-18-13-7-12-16-15(17)11-6-10-14-8-4-3-5-9-14/h2-6,8-10H,1,7,11-13H2,(H,16,17)/b10-6+. The number of hydrogen-bond donors (Lipinski definition) is 1. The predicted molar refractivity (Wildman–Crippen MR) is 73.9 cm³/mol. The molecule has 0 heterocycles. The Morgan fingerprint density at radius 1 is 1.33 bits per heavy atom. The highest BCUT2D eigenvalue weighted by atomic mass is 16.5. The molecule has 0 atom stereocenters. The van der Waals surface area contributed by atoms with Crippen molar-refractivity contribution in [2.75, 3.05) is 13.2 Å². The van der Waals surface area contributed by atoms with Crippen LogP contribution in [0.4, 0.5) is 0 Å². The number of ether oxygens (including phenoxy) is 1. The molecular weight excluding hydrogens is 226 g/mol. The maximum atomic E-state index is 11.4. The van der Waals surface area contributed by atoms with Crippen molar-refractivity contribution in [1.82, 2.24) is 5.32 Å². The van der Waals surface area contributed by atoms with Gasteiger partial charge in [-0.25, -0.2) is 0 Å². The third kappa shape index (κ3) is 6.53. The zero-order valence-electron chi connectivity index (χ0n) is 10.5. The van der Waals surface area contributed by atoms with E-state index in [-0.39, 0.29) is 5.91 Å². The van der Waals surface area contributed by atoms with Crippen LogP contribution in [0.25, 0.3) is 6.08 Å². The Kier molecular flexibility index (Phi) is 7.05. The highest BCUT2D eigenvalue weighted by Crippen LogP contribution is 2.01. The highest BCUT2D eigenvalue weighted by Gasteiger charge is 1.96. The van der Waals surface area contributed by atoms with Gasteiger partial charge in [0, 0.05) is 13.0 Å². The summed E-state index contributed by atoms with van der Waals surface area (Å²) in [5.41, 5.74) is 1.10. The summed E-state index contributed by atoms with van der Waals surface area (Å²) < 4.78 is 4.95. The summed E-state index contributed by atoms with van der Waals surface area (Å²) in [7, 11) is 0. The number of benzene rings is 1. The zero-order valence-corrected chi connectivity index (χ0v) is 10.5. The van der Waals surface area contributed by atoms with Crippen LogP contribution in [0.15, 0.2) is 49.2 Å². The molecule has 0 spiro atoms. The van der Waals surface area contributed by atoms with Crippen molar-refractivity contribution in [3.05, 3.63) is 54.8 Å². The SMILES string of the molecule is C=COCCCNC(=O)C/C=C/c1ccccc1. The number of hydrogen-bond acceptors (Lipinski definition) is 2. The number of nitrogens with one attached hydrogen (secondary N) is 1. The first kappa shape index (κ1) is 14.0. The van der Waals surface area contributed by atoms with E-state index < -0.39 is 0 Å². The topological polar surface area (TPSA) is 38.3 Å². The molecule has 1 N–H and O–H groups in total. The van der Waals surface area contributed by atoms with Crippen molar-refractivity contribution in [1.29, 1.82) is 0 Å². The average molecular weight is 245 g/mol. The fraction of sp³-hybridized carbons (Fsp3) is 0.267. The van der Waals surface area contributed by atoms with Crippen LogP contribution >= 0.6 is 0 Å². The lowest BCUT2D eigenvalue weighted by Gasteiger charge is -2.03. The number of rotatable bonds is 8. The minimum atomic E-state index is 0.0285. The van der Waals surface area contributed by atoms with Gasteiger partial charge >= 0.3 is 0 Å². The fourth-order valence-electron chi connectivity index (χ4n) is 1.41. The van der Waals surface area contributed by atoms with E-state index in [1.54, 1.807) is 0 Å². The number of carbonyl (C=O) groups is 1. The van der Waals surface area contributed by atoms with Gasteiger partial charge in [-0.15, -0.1) is 0 Å². The van der Waals surface area contributed by atoms with Gasteiger partial charge in [0.2, 0.25) is 5.91 Å². The normalized spacial score (nSPS) is 10.2. The Labute approximate surface area is 108 Å². The molecule has 3 heteroatoms. The van der Waals surface area contributed by atoms with E-state index >= 15 is 0 Å². The molecule has 0 saturated carbocycles. The van der Waals surface area contributed by atoms with Crippen LogP contribution in [-0.4, -0.2) is 19.1 Å². The monoisotopic (exact) mass is 245 g/mol. The Bertz CT molecular complexity index is 385. The molecule has 1 rings (SSSR count). The molecular formula is C15H19NO2. The lowest BCUT2D eigenvalue weighted by molar-refractivity contribution is -0.120. The average Bonchev–Trinajstić information content (AvgIpc) is 2.40. The second kappa shape index (κ2) is 9.05. The minimum Gasteiger partial charge on any atom is -0.502 e. The first-order valence-electron chi connectivity index (χ1n) is 6.03. The van der Waals surface area contributed by atoms with Crippen LogP contribution in [0, 0.1) is 0 Å². The molecule has 1 amide bonds. The summed E-state index contributed by atoms with van der Waals surface area (Å²) in [5, 5.41) is 2.82. The third-order valence-corrected chi connectivity index (χ3v) is 2.29. The molecule has 0 aromatic heterocycles. The van der Waals surface area contributed by atoms with Crippen LogP contribution in [0.2, 0.25) is 0 Å². The molecule has 3 nitrogen and oxygen atoms in total. The van der Waals surface area contributed by atoms with Crippen molar-refractivity contribution >= 4 is 12.0 Å². The minimum absolute atomic E-state index is 0.0285. The van der Waals surface area contributed by atoms with Crippen LogP contribution in [0.1, 0.15) is 18.4 Å². The lowest BCUT2D eigenvalue weighted by atomic mass is 10.2. The fourth-order valence-corrected chi connectivity index (χ4v) is 1.41. The second-order valence-electron chi connectivity index (χ2n) is 3.76. The molecule has 0 aliphatic heterocycles. The van der Waals surface area contributed by atoms with Gasteiger partial charge in [-0.05, 0) is 12.0 Å². The molecule has 0 saturated heterocycles. The summed E-state index contributed by atoms with van der Waals surface area (Å²) in [6, 6.07) is 9.91. The first-order chi connectivity index (χ1) is 8.83. The molecule has 1 aromatic carbocycles. The summed E-state index contributed by atoms with van der Waals surface area (Å²) in [5.74, 6) is 0.0285. The van der Waals surface area contributed by atoms with Gasteiger partial charge in [-0.1, -0.05) is 49.1 Å². The highest BCUT2D eigenvalue weighted by molar-refractivity contribution is 5.78. The van der Waals surface area contributed by atoms with E-state index in [0.717, 1.165) is 12.0 Å². The van der Waals surface area contributed by atoms with Gasteiger partial charge in [0.15, 0.2) is 0 Å². The number of carbonyl (C=O) groups excluding carboxylic acids is 1. The van der Waals surface area contributed by atoms with Crippen LogP contribution in [0.5, 0.6) is 0 Å². The molecule has 0 bridgehead atoms. The van der Waals surface area contributed by atoms with Crippen molar-refractivity contribution in [2.24, 2.45) is 0 Å². The molecule has 0 aliphatic rings. The van der Waals surface area contributed by atoms with Gasteiger partial charge < -0.3 is 10.1 Å². The van der Waals surface area contributed by atoms with Crippen molar-refractivity contribution in [2.45, 2.75) is 12.8 Å². The Balaban J connectivity index is 2.13. The van der Waals surface area contributed by atoms with Gasteiger partial charge in [-0.2, -0.15) is 0 Å². The molecule has 1 aromatic rings. The Morgan fingerprint density at radius 3 is 2.83 bits per heavy atom. The van der Waals surface area contributed by atoms with E-state index in [4.69, 9.17) is 4.74 Å². The molecule has 0 fully saturated rings. The molecule has 0 unspecified atom stereocenters. The summed E-state index contributed by atoms with van der Waals surface area (Å²) in [6.45, 7) is 4.66. The summed E-state index contributed by atoms with van der Waals surface area (Å²) in [4.78, 5) is 11.4. The van der Waals surface area contributed by atoms with E-state index in [1.807, 2.05) is 42.5 Å². The van der Waals surface area contributed by atoms with Gasteiger partial charge in [0.05, 0.1) is 12.9 Å². The second-order valence-corrected chi connectivity index (χ2v) is 3.76. The molecule has 0 radical (unpaired) electrons. The van der Waals surface area contributed by atoms with Gasteiger partial charge in [-0.3, -0.25) is 4.79 Å². The van der Waals surface area contributed by atoms with E-state index in [2.05, 4.69) is 11.9 Å². The van der Waals surface area contributed by atoms with Crippen molar-refractivity contribution in [3.63, 3.8) is 0 Å². The lowest BCUT2D eigenvalue weighted by Crippen LogP contribution is -2.24. The Morgan fingerprint density at radius 2 is 2.11 bits per heavy atom. The van der Waals surface area contributed by atoms with Crippen molar-refractivity contribution in [3.8, 4) is 0 Å². The van der Waals surface area contributed by atoms with E-state index in [9.17, 15) is 4.79 Å². The molecule has 0 aliphatic carbocycles. The maximum Gasteiger partial charge on any atom is 0.223 e. The smallest absolute Gasteiger partial charge is 0.223 e. The third-order valence-electron chi connectivity index (χ3n) is 2.29. The van der Waals surface area contributed by atoms with Crippen LogP contribution in [-0.2, 0) is 9.53 Å².